The molecule has 1 aromatic carbocycles. The molecule has 0 fully saturated rings. The molecule has 0 bridgehead atoms. The summed E-state index contributed by atoms with van der Waals surface area (Å²) >= 11 is 0. The molecule has 0 radical (unpaired) electrons. The minimum Gasteiger partial charge on any atom is -0.481 e. The number of nitro benzene ring substituents is 1. The number of benzene rings is 1. The van der Waals surface area contributed by atoms with Gasteiger partial charge in [-0.3, -0.25) is 14.9 Å². The molecule has 0 aromatic heterocycles. The Bertz CT molecular complexity index is 540. The first kappa shape index (κ1) is 16.9. The zero-order chi connectivity index (χ0) is 16.2. The van der Waals surface area contributed by atoms with Crippen LogP contribution >= 0.6 is 0 Å². The first-order valence-electron chi connectivity index (χ1n) is 6.51. The fourth-order valence-electron chi connectivity index (χ4n) is 2.12. The van der Waals surface area contributed by atoms with Crippen molar-refractivity contribution in [3.63, 3.8) is 0 Å². The maximum atomic E-state index is 13.1. The zero-order valence-electron chi connectivity index (χ0n) is 12.2. The van der Waals surface area contributed by atoms with E-state index in [-0.39, 0.29) is 17.5 Å². The smallest absolute Gasteiger partial charge is 0.305 e. The Morgan fingerprint density at radius 1 is 1.48 bits per heavy atom. The van der Waals surface area contributed by atoms with Crippen molar-refractivity contribution in [2.75, 3.05) is 5.32 Å². The predicted molar refractivity (Wildman–Crippen MR) is 76.8 cm³/mol. The highest BCUT2D eigenvalue weighted by Crippen LogP contribution is 2.29. The lowest BCUT2D eigenvalue weighted by atomic mass is 9.87. The van der Waals surface area contributed by atoms with E-state index in [2.05, 4.69) is 5.32 Å². The van der Waals surface area contributed by atoms with Gasteiger partial charge in [-0.05, 0) is 24.0 Å². The quantitative estimate of drug-likeness (QED) is 0.620. The largest absolute Gasteiger partial charge is 0.481 e. The molecule has 116 valence electrons. The van der Waals surface area contributed by atoms with Gasteiger partial charge in [0.05, 0.1) is 17.4 Å². The standard InChI is InChI=1S/C14H19FN2O4/c1-14(2,3)8-10(7-13(18)19)16-11-5-4-9(15)6-12(11)17(20)21/h4-6,10,16H,7-8H2,1-3H3,(H,18,19). The molecule has 1 rings (SSSR count). The molecule has 0 heterocycles. The molecule has 1 unspecified atom stereocenters. The highest BCUT2D eigenvalue weighted by molar-refractivity contribution is 5.69. The van der Waals surface area contributed by atoms with Crippen LogP contribution < -0.4 is 5.32 Å². The maximum Gasteiger partial charge on any atom is 0.305 e. The van der Waals surface area contributed by atoms with Crippen LogP contribution in [-0.4, -0.2) is 22.0 Å². The molecule has 0 aliphatic heterocycles. The van der Waals surface area contributed by atoms with E-state index in [1.807, 2.05) is 20.8 Å². The van der Waals surface area contributed by atoms with Gasteiger partial charge >= 0.3 is 5.97 Å². The van der Waals surface area contributed by atoms with Gasteiger partial charge in [0.15, 0.2) is 0 Å². The molecule has 0 saturated heterocycles. The maximum absolute atomic E-state index is 13.1. The highest BCUT2D eigenvalue weighted by atomic mass is 19.1. The van der Waals surface area contributed by atoms with Crippen LogP contribution in [-0.2, 0) is 4.79 Å². The van der Waals surface area contributed by atoms with Crippen molar-refractivity contribution in [3.05, 3.63) is 34.1 Å². The van der Waals surface area contributed by atoms with E-state index in [1.165, 1.54) is 6.07 Å². The first-order valence-corrected chi connectivity index (χ1v) is 6.51. The van der Waals surface area contributed by atoms with E-state index < -0.39 is 28.4 Å². The van der Waals surface area contributed by atoms with Crippen LogP contribution in [0.4, 0.5) is 15.8 Å². The van der Waals surface area contributed by atoms with Crippen LogP contribution in [0.1, 0.15) is 33.6 Å². The van der Waals surface area contributed by atoms with Gasteiger partial charge in [-0.1, -0.05) is 20.8 Å². The average molecular weight is 298 g/mol. The molecule has 0 amide bonds. The van der Waals surface area contributed by atoms with Crippen molar-refractivity contribution >= 4 is 17.3 Å². The van der Waals surface area contributed by atoms with E-state index in [9.17, 15) is 19.3 Å². The molecule has 0 saturated carbocycles. The summed E-state index contributed by atoms with van der Waals surface area (Å²) in [6.45, 7) is 5.84. The summed E-state index contributed by atoms with van der Waals surface area (Å²) < 4.78 is 13.1. The first-order chi connectivity index (χ1) is 9.58. The van der Waals surface area contributed by atoms with Crippen molar-refractivity contribution in [2.24, 2.45) is 5.41 Å². The third-order valence-electron chi connectivity index (χ3n) is 2.80. The van der Waals surface area contributed by atoms with Gasteiger partial charge in [0, 0.05) is 6.04 Å². The molecule has 1 atom stereocenters. The topological polar surface area (TPSA) is 92.5 Å². The van der Waals surface area contributed by atoms with Crippen LogP contribution in [0.2, 0.25) is 0 Å². The number of carboxylic acids is 1. The zero-order valence-corrected chi connectivity index (χ0v) is 12.2. The number of rotatable bonds is 6. The lowest BCUT2D eigenvalue weighted by Gasteiger charge is -2.26. The minimum absolute atomic E-state index is 0.122. The van der Waals surface area contributed by atoms with E-state index in [4.69, 9.17) is 5.11 Å². The number of anilines is 1. The Morgan fingerprint density at radius 3 is 2.57 bits per heavy atom. The summed E-state index contributed by atoms with van der Waals surface area (Å²) in [6, 6.07) is 2.69. The van der Waals surface area contributed by atoms with Crippen LogP contribution in [0.25, 0.3) is 0 Å². The van der Waals surface area contributed by atoms with Crippen LogP contribution in [0.5, 0.6) is 0 Å². The number of hydrogen-bond donors (Lipinski definition) is 2. The monoisotopic (exact) mass is 298 g/mol. The summed E-state index contributed by atoms with van der Waals surface area (Å²) in [5.41, 5.74) is -0.432. The Labute approximate surface area is 122 Å². The lowest BCUT2D eigenvalue weighted by Crippen LogP contribution is -2.28. The van der Waals surface area contributed by atoms with E-state index in [0.717, 1.165) is 12.1 Å². The second kappa shape index (κ2) is 6.51. The van der Waals surface area contributed by atoms with Gasteiger partial charge in [-0.25, -0.2) is 4.39 Å². The van der Waals surface area contributed by atoms with Crippen LogP contribution in [0, 0.1) is 21.3 Å². The molecule has 1 aromatic rings. The summed E-state index contributed by atoms with van der Waals surface area (Å²) in [6.07, 6.45) is 0.333. The number of hydrogen-bond acceptors (Lipinski definition) is 4. The van der Waals surface area contributed by atoms with E-state index in [1.54, 1.807) is 0 Å². The third-order valence-corrected chi connectivity index (χ3v) is 2.80. The number of nitrogens with zero attached hydrogens (tertiary/aromatic N) is 1. The average Bonchev–Trinajstić information content (AvgIpc) is 2.28. The normalized spacial score (nSPS) is 12.8. The molecule has 0 aliphatic carbocycles. The summed E-state index contributed by atoms with van der Waals surface area (Å²) in [5, 5.41) is 22.7. The van der Waals surface area contributed by atoms with Gasteiger partial charge in [0.25, 0.3) is 5.69 Å². The Balaban J connectivity index is 3.02. The molecular formula is C14H19FN2O4. The molecular weight excluding hydrogens is 279 g/mol. The number of carbonyl (C=O) groups is 1. The summed E-state index contributed by atoms with van der Waals surface area (Å²) in [5.74, 6) is -1.71. The molecule has 0 aliphatic rings. The Kier molecular flexibility index (Phi) is 5.23. The molecule has 21 heavy (non-hydrogen) atoms. The molecule has 0 spiro atoms. The van der Waals surface area contributed by atoms with Crippen LogP contribution in [0.3, 0.4) is 0 Å². The second-order valence-corrected chi connectivity index (χ2v) is 6.12. The number of aliphatic carboxylic acids is 1. The van der Waals surface area contributed by atoms with Gasteiger partial charge in [0.1, 0.15) is 11.5 Å². The minimum atomic E-state index is -0.999. The van der Waals surface area contributed by atoms with Gasteiger partial charge in [-0.2, -0.15) is 0 Å². The van der Waals surface area contributed by atoms with E-state index >= 15 is 0 Å². The Hall–Kier alpha value is -2.18. The van der Waals surface area contributed by atoms with Crippen molar-refractivity contribution in [2.45, 2.75) is 39.7 Å². The number of carboxylic acid groups (broad SMARTS) is 1. The highest BCUT2D eigenvalue weighted by Gasteiger charge is 2.24. The van der Waals surface area contributed by atoms with E-state index in [0.29, 0.717) is 6.42 Å². The SMILES string of the molecule is CC(C)(C)CC(CC(=O)O)Nc1ccc(F)cc1[N+](=O)[O-]. The summed E-state index contributed by atoms with van der Waals surface area (Å²) in [7, 11) is 0. The van der Waals surface area contributed by atoms with Gasteiger partial charge in [0.2, 0.25) is 0 Å². The molecule has 2 N–H and O–H groups in total. The second-order valence-electron chi connectivity index (χ2n) is 6.12. The predicted octanol–water partition coefficient (Wildman–Crippen LogP) is 3.43. The van der Waals surface area contributed by atoms with Crippen molar-refractivity contribution in [1.82, 2.24) is 0 Å². The molecule has 6 nitrogen and oxygen atoms in total. The Morgan fingerprint density at radius 2 is 2.10 bits per heavy atom. The fraction of sp³-hybridized carbons (Fsp3) is 0.500. The number of nitro groups is 1. The fourth-order valence-corrected chi connectivity index (χ4v) is 2.12. The molecule has 7 heteroatoms. The van der Waals surface area contributed by atoms with Gasteiger partial charge in [-0.15, -0.1) is 0 Å². The lowest BCUT2D eigenvalue weighted by molar-refractivity contribution is -0.384. The van der Waals surface area contributed by atoms with Crippen molar-refractivity contribution in [1.29, 1.82) is 0 Å². The number of halogens is 1. The van der Waals surface area contributed by atoms with Crippen molar-refractivity contribution < 1.29 is 19.2 Å². The third kappa shape index (κ3) is 5.76. The van der Waals surface area contributed by atoms with Crippen LogP contribution in [0.15, 0.2) is 18.2 Å². The number of nitrogens with one attached hydrogen (secondary N) is 1. The summed E-state index contributed by atoms with van der Waals surface area (Å²) in [4.78, 5) is 21.2. The van der Waals surface area contributed by atoms with Crippen molar-refractivity contribution in [3.8, 4) is 0 Å². The van der Waals surface area contributed by atoms with Gasteiger partial charge < -0.3 is 10.4 Å².